The molecule has 57 heavy (non-hydrogen) atoms. The molecule has 0 aromatic heterocycles. The van der Waals surface area contributed by atoms with Crippen LogP contribution in [0.1, 0.15) is 136 Å². The average Bonchev–Trinajstić information content (AvgIpc) is 3.53. The van der Waals surface area contributed by atoms with Crippen LogP contribution < -0.4 is 10.2 Å². The zero-order chi connectivity index (χ0) is 41.2. The highest BCUT2D eigenvalue weighted by atomic mass is 35.5. The van der Waals surface area contributed by atoms with E-state index in [1.165, 1.54) is 33.9 Å². The number of fused-ring (bicyclic) bond motifs is 2. The molecule has 9 heteroatoms. The van der Waals surface area contributed by atoms with Crippen LogP contribution in [0.3, 0.4) is 0 Å². The van der Waals surface area contributed by atoms with Crippen LogP contribution in [0, 0.1) is 0 Å². The molecule has 1 unspecified atom stereocenters. The standard InChI is InChI=1S/C48H62ClN3O5/c1-6-7-23-38(46(56)57)50-43(53)26-10-8-16-32-51-39-24-14-12-21-36(39)47(2,3)41(51)30-28-34-19-18-20-35(45(34)49)29-31-42-48(4,5)37-22-13-15-25-40(37)52(42)33-17-9-11-27-44(54)55/h12-15,21-22,24-25,28-31,38H,6-11,16-20,23,26-27,32-33H2,1-5H3,(H2-,50,53,54,55,56,57)/p+1. The van der Waals surface area contributed by atoms with Crippen LogP contribution >= 0.6 is 11.6 Å². The minimum atomic E-state index is -0.969. The van der Waals surface area contributed by atoms with Crippen LogP contribution in [0.25, 0.3) is 0 Å². The van der Waals surface area contributed by atoms with Gasteiger partial charge in [-0.05, 0) is 94.1 Å². The first-order valence-electron chi connectivity index (χ1n) is 21.1. The molecule has 5 rings (SSSR count). The van der Waals surface area contributed by atoms with Crippen LogP contribution in [0.4, 0.5) is 11.4 Å². The number of rotatable bonds is 20. The van der Waals surface area contributed by atoms with E-state index in [-0.39, 0.29) is 23.2 Å². The number of carboxylic acid groups (broad SMARTS) is 2. The maximum Gasteiger partial charge on any atom is 0.326 e. The number of amides is 1. The highest BCUT2D eigenvalue weighted by Gasteiger charge is 2.44. The lowest BCUT2D eigenvalue weighted by Gasteiger charge is -2.27. The lowest BCUT2D eigenvalue weighted by atomic mass is 9.81. The van der Waals surface area contributed by atoms with Crippen molar-refractivity contribution in [2.75, 3.05) is 18.0 Å². The second kappa shape index (κ2) is 19.8. The molecule has 3 aliphatic rings. The summed E-state index contributed by atoms with van der Waals surface area (Å²) in [4.78, 5) is 37.6. The highest BCUT2D eigenvalue weighted by Crippen LogP contribution is 2.48. The Labute approximate surface area is 345 Å². The first-order valence-corrected chi connectivity index (χ1v) is 21.5. The Morgan fingerprint density at radius 2 is 1.54 bits per heavy atom. The van der Waals surface area contributed by atoms with E-state index in [4.69, 9.17) is 16.7 Å². The molecule has 1 atom stereocenters. The Morgan fingerprint density at radius 3 is 2.28 bits per heavy atom. The molecule has 2 aromatic rings. The van der Waals surface area contributed by atoms with E-state index in [0.29, 0.717) is 25.7 Å². The minimum absolute atomic E-state index is 0.185. The number of hydrogen-bond donors (Lipinski definition) is 3. The number of hydrogen-bond acceptors (Lipinski definition) is 4. The Morgan fingerprint density at radius 1 is 0.842 bits per heavy atom. The van der Waals surface area contributed by atoms with Crippen molar-refractivity contribution in [2.45, 2.75) is 141 Å². The summed E-state index contributed by atoms with van der Waals surface area (Å²) in [5, 5.41) is 22.1. The van der Waals surface area contributed by atoms with Gasteiger partial charge in [0.25, 0.3) is 0 Å². The van der Waals surface area contributed by atoms with E-state index < -0.39 is 18.0 Å². The van der Waals surface area contributed by atoms with E-state index in [0.717, 1.165) is 87.1 Å². The summed E-state index contributed by atoms with van der Waals surface area (Å²) in [6.07, 6.45) is 19.4. The summed E-state index contributed by atoms with van der Waals surface area (Å²) < 4.78 is 2.42. The van der Waals surface area contributed by atoms with Crippen LogP contribution in [0.2, 0.25) is 0 Å². The Hall–Kier alpha value is -4.43. The molecule has 2 aromatic carbocycles. The second-order valence-corrected chi connectivity index (χ2v) is 17.2. The van der Waals surface area contributed by atoms with E-state index in [2.05, 4.69) is 115 Å². The zero-order valence-electron chi connectivity index (χ0n) is 34.7. The maximum absolute atomic E-state index is 12.6. The summed E-state index contributed by atoms with van der Waals surface area (Å²) in [6.45, 7) is 12.8. The van der Waals surface area contributed by atoms with Gasteiger partial charge >= 0.3 is 11.9 Å². The van der Waals surface area contributed by atoms with Crippen LogP contribution in [0.15, 0.2) is 94.7 Å². The van der Waals surface area contributed by atoms with Crippen LogP contribution in [0.5, 0.6) is 0 Å². The van der Waals surface area contributed by atoms with Gasteiger partial charge in [-0.25, -0.2) is 4.79 Å². The number of allylic oxidation sites excluding steroid dienone is 8. The molecule has 2 aliphatic heterocycles. The molecule has 0 saturated carbocycles. The van der Waals surface area contributed by atoms with Gasteiger partial charge in [0.05, 0.1) is 5.41 Å². The molecule has 8 nitrogen and oxygen atoms in total. The number of aliphatic carboxylic acids is 2. The summed E-state index contributed by atoms with van der Waals surface area (Å²) in [5.74, 6) is -1.90. The third-order valence-electron chi connectivity index (χ3n) is 12.0. The fourth-order valence-electron chi connectivity index (χ4n) is 8.72. The quantitative estimate of drug-likeness (QED) is 0.0909. The van der Waals surface area contributed by atoms with Crippen molar-refractivity contribution >= 4 is 46.5 Å². The molecule has 0 saturated heterocycles. The molecule has 306 valence electrons. The molecule has 2 heterocycles. The number of anilines is 1. The van der Waals surface area contributed by atoms with E-state index in [9.17, 15) is 19.5 Å². The van der Waals surface area contributed by atoms with Gasteiger partial charge in [0.1, 0.15) is 12.6 Å². The van der Waals surface area contributed by atoms with Gasteiger partial charge in [0.2, 0.25) is 11.6 Å². The average molecular weight is 798 g/mol. The van der Waals surface area contributed by atoms with Crippen LogP contribution in [-0.4, -0.2) is 57.5 Å². The lowest BCUT2D eigenvalue weighted by molar-refractivity contribution is -0.438. The third-order valence-corrected chi connectivity index (χ3v) is 12.5. The van der Waals surface area contributed by atoms with Gasteiger partial charge in [-0.2, -0.15) is 4.58 Å². The van der Waals surface area contributed by atoms with Gasteiger partial charge in [0, 0.05) is 65.3 Å². The Balaban J connectivity index is 1.32. The minimum Gasteiger partial charge on any atom is -0.481 e. The van der Waals surface area contributed by atoms with E-state index >= 15 is 0 Å². The van der Waals surface area contributed by atoms with E-state index in [1.807, 2.05) is 6.92 Å². The van der Waals surface area contributed by atoms with Crippen molar-refractivity contribution in [3.05, 3.63) is 106 Å². The monoisotopic (exact) mass is 796 g/mol. The summed E-state index contributed by atoms with van der Waals surface area (Å²) in [7, 11) is 0. The number of carbonyl (C=O) groups is 3. The van der Waals surface area contributed by atoms with Crippen molar-refractivity contribution in [3.8, 4) is 0 Å². The second-order valence-electron chi connectivity index (χ2n) is 16.9. The number of carboxylic acids is 2. The predicted molar refractivity (Wildman–Crippen MR) is 232 cm³/mol. The number of para-hydroxylation sites is 2. The summed E-state index contributed by atoms with van der Waals surface area (Å²) in [5.41, 5.74) is 9.37. The molecule has 0 spiro atoms. The smallest absolute Gasteiger partial charge is 0.326 e. The molecular weight excluding hydrogens is 734 g/mol. The maximum atomic E-state index is 12.6. The molecule has 0 fully saturated rings. The van der Waals surface area contributed by atoms with Crippen molar-refractivity contribution in [1.82, 2.24) is 5.32 Å². The first-order chi connectivity index (χ1) is 27.3. The van der Waals surface area contributed by atoms with Crippen LogP contribution in [-0.2, 0) is 25.2 Å². The van der Waals surface area contributed by atoms with Crippen molar-refractivity contribution in [1.29, 1.82) is 0 Å². The fourth-order valence-corrected chi connectivity index (χ4v) is 9.03. The molecular formula is C48H63ClN3O5+. The summed E-state index contributed by atoms with van der Waals surface area (Å²) >= 11 is 7.26. The number of benzene rings is 2. The third kappa shape index (κ3) is 10.6. The lowest BCUT2D eigenvalue weighted by Crippen LogP contribution is -2.40. The molecule has 3 N–H and O–H groups in total. The van der Waals surface area contributed by atoms with Gasteiger partial charge in [-0.15, -0.1) is 0 Å². The number of halogens is 1. The van der Waals surface area contributed by atoms with E-state index in [1.54, 1.807) is 0 Å². The number of unbranched alkanes of at least 4 members (excludes halogenated alkanes) is 5. The molecule has 0 bridgehead atoms. The SMILES string of the molecule is CCCCC(NC(=O)CCCCC[N+]1=C(C=CC2=C(Cl)C(=CC=C3N(CCCCCC(=O)O)c4ccccc4C3(C)C)CCC2)C(C)(C)c2ccccc21)C(=O)O. The van der Waals surface area contributed by atoms with Gasteiger partial charge < -0.3 is 20.4 Å². The van der Waals surface area contributed by atoms with Crippen molar-refractivity contribution in [3.63, 3.8) is 0 Å². The Kier molecular flexibility index (Phi) is 15.2. The summed E-state index contributed by atoms with van der Waals surface area (Å²) in [6, 6.07) is 16.4. The highest BCUT2D eigenvalue weighted by molar-refractivity contribution is 6.32. The normalized spacial score (nSPS) is 19.1. The molecule has 0 radical (unpaired) electrons. The predicted octanol–water partition coefficient (Wildman–Crippen LogP) is 10.9. The van der Waals surface area contributed by atoms with Crippen molar-refractivity contribution < 1.29 is 29.2 Å². The van der Waals surface area contributed by atoms with Gasteiger partial charge in [0.15, 0.2) is 5.71 Å². The number of nitrogens with zero attached hydrogens (tertiary/aromatic N) is 2. The topological polar surface area (TPSA) is 110 Å². The Bertz CT molecular complexity index is 1950. The van der Waals surface area contributed by atoms with Crippen molar-refractivity contribution in [2.24, 2.45) is 0 Å². The largest absolute Gasteiger partial charge is 0.481 e. The van der Waals surface area contributed by atoms with Gasteiger partial charge in [-0.3, -0.25) is 9.59 Å². The fraction of sp³-hybridized carbons (Fsp3) is 0.500. The molecule has 1 aliphatic carbocycles. The van der Waals surface area contributed by atoms with Gasteiger partial charge in [-0.1, -0.05) is 100 Å². The first kappa shape index (κ1) is 43.7. The zero-order valence-corrected chi connectivity index (χ0v) is 35.5. The number of carbonyl (C=O) groups excluding carboxylic acids is 1. The molecule has 1 amide bonds. The number of nitrogens with one attached hydrogen (secondary N) is 1.